The molecule has 0 bridgehead atoms. The predicted octanol–water partition coefficient (Wildman–Crippen LogP) is 1.45. The molecule has 25 heavy (non-hydrogen) atoms. The summed E-state index contributed by atoms with van der Waals surface area (Å²) in [6.07, 6.45) is 2.04. The van der Waals surface area contributed by atoms with Crippen LogP contribution in [0.2, 0.25) is 0 Å². The molecule has 1 aromatic rings. The van der Waals surface area contributed by atoms with E-state index in [9.17, 15) is 9.59 Å². The van der Waals surface area contributed by atoms with Gasteiger partial charge in [0.2, 0.25) is 5.91 Å². The van der Waals surface area contributed by atoms with Crippen molar-refractivity contribution in [3.8, 4) is 5.75 Å². The number of benzene rings is 1. The Kier molecular flexibility index (Phi) is 9.96. The second-order valence-corrected chi connectivity index (χ2v) is 6.01. The Morgan fingerprint density at radius 3 is 2.52 bits per heavy atom. The van der Waals surface area contributed by atoms with E-state index in [1.807, 2.05) is 23.1 Å². The van der Waals surface area contributed by atoms with Crippen LogP contribution in [0.3, 0.4) is 0 Å². The summed E-state index contributed by atoms with van der Waals surface area (Å²) in [6.45, 7) is 5.60. The summed E-state index contributed by atoms with van der Waals surface area (Å²) in [5.41, 5.74) is 0. The summed E-state index contributed by atoms with van der Waals surface area (Å²) in [7, 11) is 0. The maximum absolute atomic E-state index is 12.2. The minimum Gasteiger partial charge on any atom is -0.484 e. The van der Waals surface area contributed by atoms with E-state index in [4.69, 9.17) is 4.74 Å². The molecule has 1 aliphatic heterocycles. The number of nitrogens with zero attached hydrogens (tertiary/aromatic N) is 1. The van der Waals surface area contributed by atoms with Gasteiger partial charge in [0, 0.05) is 13.1 Å². The van der Waals surface area contributed by atoms with Gasteiger partial charge < -0.3 is 20.3 Å². The zero-order valence-electron chi connectivity index (χ0n) is 14.7. The fourth-order valence-electron chi connectivity index (χ4n) is 2.74. The van der Waals surface area contributed by atoms with Gasteiger partial charge in [0.05, 0.1) is 6.54 Å². The number of ether oxygens (including phenoxy) is 1. The maximum Gasteiger partial charge on any atom is 0.258 e. The van der Waals surface area contributed by atoms with Gasteiger partial charge in [-0.1, -0.05) is 25.1 Å². The van der Waals surface area contributed by atoms with Crippen LogP contribution >= 0.6 is 12.4 Å². The van der Waals surface area contributed by atoms with Crippen molar-refractivity contribution in [1.82, 2.24) is 15.5 Å². The van der Waals surface area contributed by atoms with Gasteiger partial charge in [-0.25, -0.2) is 0 Å². The van der Waals surface area contributed by atoms with Crippen LogP contribution in [-0.4, -0.2) is 56.0 Å². The fourth-order valence-corrected chi connectivity index (χ4v) is 2.74. The Bertz CT molecular complexity index is 520. The third kappa shape index (κ3) is 7.75. The van der Waals surface area contributed by atoms with Gasteiger partial charge in [-0.3, -0.25) is 9.59 Å². The third-order valence-electron chi connectivity index (χ3n) is 4.20. The van der Waals surface area contributed by atoms with Crippen LogP contribution < -0.4 is 15.4 Å². The molecule has 1 fully saturated rings. The first-order valence-electron chi connectivity index (χ1n) is 8.62. The van der Waals surface area contributed by atoms with Crippen LogP contribution in [0.15, 0.2) is 30.3 Å². The van der Waals surface area contributed by atoms with Crippen molar-refractivity contribution in [2.24, 2.45) is 5.92 Å². The summed E-state index contributed by atoms with van der Waals surface area (Å²) in [5.74, 6) is 0.976. The second kappa shape index (κ2) is 11.7. The number of amides is 2. The van der Waals surface area contributed by atoms with Crippen LogP contribution in [0.1, 0.15) is 19.8 Å². The van der Waals surface area contributed by atoms with Crippen molar-refractivity contribution in [3.05, 3.63) is 30.3 Å². The molecule has 1 aromatic carbocycles. The first-order valence-corrected chi connectivity index (χ1v) is 8.62. The van der Waals surface area contributed by atoms with E-state index in [0.717, 1.165) is 39.0 Å². The van der Waals surface area contributed by atoms with Crippen LogP contribution in [0.25, 0.3) is 0 Å². The first-order chi connectivity index (χ1) is 11.7. The van der Waals surface area contributed by atoms with Crippen molar-refractivity contribution in [2.75, 3.05) is 39.3 Å². The predicted molar refractivity (Wildman–Crippen MR) is 100 cm³/mol. The Balaban J connectivity index is 0.00000312. The molecule has 0 spiro atoms. The lowest BCUT2D eigenvalue weighted by atomic mass is 9.97. The van der Waals surface area contributed by atoms with E-state index in [1.54, 1.807) is 12.1 Å². The SMILES string of the molecule is CCNCC1CCN(C(=O)CNC(=O)COc2ccccc2)CC1.Cl. The standard InChI is InChI=1S/C18H27N3O3.ClH/c1-2-19-12-15-8-10-21(11-9-15)18(23)13-20-17(22)14-24-16-6-4-3-5-7-16;/h3-7,15,19H,2,8-14H2,1H3,(H,20,22);1H. The van der Waals surface area contributed by atoms with Crippen LogP contribution in [0, 0.1) is 5.92 Å². The fraction of sp³-hybridized carbons (Fsp3) is 0.556. The topological polar surface area (TPSA) is 70.7 Å². The highest BCUT2D eigenvalue weighted by atomic mass is 35.5. The molecule has 6 nitrogen and oxygen atoms in total. The number of para-hydroxylation sites is 1. The third-order valence-corrected chi connectivity index (χ3v) is 4.20. The largest absolute Gasteiger partial charge is 0.484 e. The number of likely N-dealkylation sites (tertiary alicyclic amines) is 1. The van der Waals surface area contributed by atoms with Crippen molar-refractivity contribution < 1.29 is 14.3 Å². The zero-order valence-corrected chi connectivity index (χ0v) is 15.5. The summed E-state index contributed by atoms with van der Waals surface area (Å²) in [6, 6.07) is 9.14. The molecule has 0 atom stereocenters. The summed E-state index contributed by atoms with van der Waals surface area (Å²) < 4.78 is 5.35. The molecule has 2 amide bonds. The van der Waals surface area contributed by atoms with E-state index >= 15 is 0 Å². The first kappa shape index (κ1) is 21.3. The van der Waals surface area contributed by atoms with Gasteiger partial charge >= 0.3 is 0 Å². The highest BCUT2D eigenvalue weighted by Crippen LogP contribution is 2.16. The molecule has 2 rings (SSSR count). The number of rotatable bonds is 8. The van der Waals surface area contributed by atoms with Crippen molar-refractivity contribution in [2.45, 2.75) is 19.8 Å². The number of hydrogen-bond donors (Lipinski definition) is 2. The van der Waals surface area contributed by atoms with E-state index < -0.39 is 0 Å². The molecule has 1 saturated heterocycles. The van der Waals surface area contributed by atoms with Gasteiger partial charge in [-0.15, -0.1) is 12.4 Å². The minimum atomic E-state index is -0.283. The van der Waals surface area contributed by atoms with Crippen molar-refractivity contribution in [3.63, 3.8) is 0 Å². The quantitative estimate of drug-likeness (QED) is 0.727. The van der Waals surface area contributed by atoms with Gasteiger partial charge in [-0.2, -0.15) is 0 Å². The Labute approximate surface area is 155 Å². The zero-order chi connectivity index (χ0) is 17.2. The van der Waals surface area contributed by atoms with E-state index in [0.29, 0.717) is 11.7 Å². The summed E-state index contributed by atoms with van der Waals surface area (Å²) in [5, 5.41) is 5.98. The molecule has 0 aliphatic carbocycles. The number of carbonyl (C=O) groups is 2. The molecule has 1 heterocycles. The molecular weight excluding hydrogens is 342 g/mol. The molecule has 0 saturated carbocycles. The number of piperidine rings is 1. The Hall–Kier alpha value is -1.79. The normalized spacial score (nSPS) is 14.5. The second-order valence-electron chi connectivity index (χ2n) is 6.01. The molecule has 1 aliphatic rings. The number of hydrogen-bond acceptors (Lipinski definition) is 4. The summed E-state index contributed by atoms with van der Waals surface area (Å²) in [4.78, 5) is 25.7. The van der Waals surface area contributed by atoms with Crippen molar-refractivity contribution >= 4 is 24.2 Å². The van der Waals surface area contributed by atoms with E-state index in [1.165, 1.54) is 0 Å². The Morgan fingerprint density at radius 2 is 1.88 bits per heavy atom. The maximum atomic E-state index is 12.2. The van der Waals surface area contributed by atoms with Gasteiger partial charge in [-0.05, 0) is 44.0 Å². The van der Waals surface area contributed by atoms with Crippen LogP contribution in [0.4, 0.5) is 0 Å². The van der Waals surface area contributed by atoms with Crippen molar-refractivity contribution in [1.29, 1.82) is 0 Å². The molecular formula is C18H28ClN3O3. The number of nitrogens with one attached hydrogen (secondary N) is 2. The molecule has 0 unspecified atom stereocenters. The van der Waals surface area contributed by atoms with Gasteiger partial charge in [0.15, 0.2) is 6.61 Å². The lowest BCUT2D eigenvalue weighted by Crippen LogP contribution is -2.45. The molecule has 140 valence electrons. The number of halogens is 1. The highest BCUT2D eigenvalue weighted by Gasteiger charge is 2.22. The molecule has 2 N–H and O–H groups in total. The van der Waals surface area contributed by atoms with Crippen LogP contribution in [-0.2, 0) is 9.59 Å². The average Bonchev–Trinajstić information content (AvgIpc) is 2.64. The number of carbonyl (C=O) groups excluding carboxylic acids is 2. The lowest BCUT2D eigenvalue weighted by Gasteiger charge is -2.32. The lowest BCUT2D eigenvalue weighted by molar-refractivity contribution is -0.134. The smallest absolute Gasteiger partial charge is 0.258 e. The van der Waals surface area contributed by atoms with E-state index in [-0.39, 0.29) is 37.4 Å². The Morgan fingerprint density at radius 1 is 1.20 bits per heavy atom. The highest BCUT2D eigenvalue weighted by molar-refractivity contribution is 5.85. The van der Waals surface area contributed by atoms with Gasteiger partial charge in [0.25, 0.3) is 5.91 Å². The van der Waals surface area contributed by atoms with E-state index in [2.05, 4.69) is 17.6 Å². The minimum absolute atomic E-state index is 0. The molecule has 0 aromatic heterocycles. The summed E-state index contributed by atoms with van der Waals surface area (Å²) >= 11 is 0. The monoisotopic (exact) mass is 369 g/mol. The molecule has 7 heteroatoms. The molecule has 0 radical (unpaired) electrons. The van der Waals surface area contributed by atoms with Crippen LogP contribution in [0.5, 0.6) is 5.75 Å². The van der Waals surface area contributed by atoms with Gasteiger partial charge in [0.1, 0.15) is 5.75 Å². The average molecular weight is 370 g/mol.